The Balaban J connectivity index is 2.78. The van der Waals surface area contributed by atoms with Crippen LogP contribution in [0.3, 0.4) is 0 Å². The first-order valence-corrected chi connectivity index (χ1v) is 8.86. The number of aliphatic hydroxyl groups excluding tert-OH is 1. The van der Waals surface area contributed by atoms with Crippen molar-refractivity contribution in [1.82, 2.24) is 0 Å². The summed E-state index contributed by atoms with van der Waals surface area (Å²) >= 11 is 0. The predicted molar refractivity (Wildman–Crippen MR) is 77.6 cm³/mol. The van der Waals surface area contributed by atoms with Crippen LogP contribution in [0.25, 0.3) is 0 Å². The topological polar surface area (TPSA) is 101 Å². The molecule has 0 aromatic heterocycles. The van der Waals surface area contributed by atoms with Gasteiger partial charge >= 0.3 is 5.97 Å². The highest BCUT2D eigenvalue weighted by Gasteiger charge is 2.33. The number of carbonyl (C=O) groups is 2. The van der Waals surface area contributed by atoms with Crippen molar-refractivity contribution in [2.45, 2.75) is 12.3 Å². The van der Waals surface area contributed by atoms with Crippen LogP contribution >= 0.6 is 7.14 Å². The Hall–Kier alpha value is -1.65. The molecule has 0 saturated heterocycles. The van der Waals surface area contributed by atoms with Gasteiger partial charge in [0, 0.05) is 6.16 Å². The average Bonchev–Trinajstić information content (AvgIpc) is 2.46. The Kier molecular flexibility index (Phi) is 6.59. The van der Waals surface area contributed by atoms with Crippen molar-refractivity contribution in [2.24, 2.45) is 5.92 Å². The van der Waals surface area contributed by atoms with Crippen LogP contribution in [-0.2, 0) is 18.9 Å². The van der Waals surface area contributed by atoms with Crippen molar-refractivity contribution >= 4 is 19.6 Å². The van der Waals surface area contributed by atoms with E-state index in [0.29, 0.717) is 5.56 Å². The van der Waals surface area contributed by atoms with Gasteiger partial charge in [0.05, 0.1) is 12.5 Å². The van der Waals surface area contributed by atoms with Crippen LogP contribution < -0.4 is 0 Å². The minimum Gasteiger partial charge on any atom is -0.481 e. The van der Waals surface area contributed by atoms with Gasteiger partial charge < -0.3 is 19.5 Å². The van der Waals surface area contributed by atoms with Gasteiger partial charge in [-0.25, -0.2) is 0 Å². The van der Waals surface area contributed by atoms with E-state index in [1.807, 2.05) is 0 Å². The molecule has 116 valence electrons. The molecule has 3 atom stereocenters. The molecular formula is C14H19O6P. The first-order valence-electron chi connectivity index (χ1n) is 6.45. The maximum absolute atomic E-state index is 12.6. The molecule has 0 aliphatic heterocycles. The third-order valence-electron chi connectivity index (χ3n) is 3.20. The Bertz CT molecular complexity index is 515. The molecule has 3 unspecified atom stereocenters. The van der Waals surface area contributed by atoms with E-state index in [0.717, 1.165) is 0 Å². The van der Waals surface area contributed by atoms with Gasteiger partial charge in [-0.05, 0) is 18.6 Å². The Morgan fingerprint density at radius 2 is 2.00 bits per heavy atom. The lowest BCUT2D eigenvalue weighted by Crippen LogP contribution is -2.21. The molecule has 0 amide bonds. The second kappa shape index (κ2) is 7.96. The summed E-state index contributed by atoms with van der Waals surface area (Å²) in [6, 6.07) is 8.49. The maximum atomic E-state index is 12.6. The number of rotatable bonds is 9. The van der Waals surface area contributed by atoms with E-state index in [1.54, 1.807) is 30.3 Å². The number of aliphatic carboxylic acids is 1. The van der Waals surface area contributed by atoms with Gasteiger partial charge in [-0.15, -0.1) is 0 Å². The number of ether oxygens (including phenoxy) is 1. The quantitative estimate of drug-likeness (QED) is 0.410. The Morgan fingerprint density at radius 3 is 2.52 bits per heavy atom. The van der Waals surface area contributed by atoms with Crippen molar-refractivity contribution in [1.29, 1.82) is 0 Å². The fourth-order valence-electron chi connectivity index (χ4n) is 2.03. The molecule has 0 fully saturated rings. The molecule has 2 N–H and O–H groups in total. The molecule has 1 aromatic rings. The Morgan fingerprint density at radius 1 is 1.38 bits per heavy atom. The van der Waals surface area contributed by atoms with Crippen LogP contribution in [0.5, 0.6) is 0 Å². The normalized spacial score (nSPS) is 16.5. The molecule has 7 heteroatoms. The maximum Gasteiger partial charge on any atom is 0.307 e. The first-order chi connectivity index (χ1) is 9.88. The number of aliphatic hydroxyl groups is 1. The molecular weight excluding hydrogens is 295 g/mol. The summed E-state index contributed by atoms with van der Waals surface area (Å²) < 4.78 is 17.1. The van der Waals surface area contributed by atoms with E-state index in [-0.39, 0.29) is 25.7 Å². The summed E-state index contributed by atoms with van der Waals surface area (Å²) in [6.45, 7) is 1.58. The van der Waals surface area contributed by atoms with Crippen molar-refractivity contribution in [3.63, 3.8) is 0 Å². The zero-order chi connectivity index (χ0) is 15.9. The van der Waals surface area contributed by atoms with E-state index in [4.69, 9.17) is 5.11 Å². The second-order valence-corrected chi connectivity index (χ2v) is 8.13. The number of hydrogen-bond donors (Lipinski definition) is 2. The van der Waals surface area contributed by atoms with E-state index in [2.05, 4.69) is 4.74 Å². The van der Waals surface area contributed by atoms with Gasteiger partial charge in [0.15, 0.2) is 0 Å². The third-order valence-corrected chi connectivity index (χ3v) is 5.70. The van der Waals surface area contributed by atoms with Gasteiger partial charge in [0.25, 0.3) is 6.47 Å². The van der Waals surface area contributed by atoms with Crippen molar-refractivity contribution in [2.75, 3.05) is 19.4 Å². The molecule has 0 aliphatic carbocycles. The number of hydrogen-bond acceptors (Lipinski definition) is 5. The Labute approximate surface area is 123 Å². The molecule has 1 aromatic carbocycles. The van der Waals surface area contributed by atoms with Crippen molar-refractivity contribution < 1.29 is 29.1 Å². The summed E-state index contributed by atoms with van der Waals surface area (Å²) in [5.74, 6) is -3.25. The molecule has 0 spiro atoms. The van der Waals surface area contributed by atoms with Crippen molar-refractivity contribution in [3.8, 4) is 0 Å². The van der Waals surface area contributed by atoms with Gasteiger partial charge in [-0.1, -0.05) is 30.3 Å². The SMILES string of the molecule is CP(=O)(CC(CCOC=O)C(=O)O)C(O)c1ccccc1. The van der Waals surface area contributed by atoms with Crippen LogP contribution in [0, 0.1) is 5.92 Å². The monoisotopic (exact) mass is 314 g/mol. The minimum atomic E-state index is -3.13. The highest BCUT2D eigenvalue weighted by atomic mass is 31.2. The molecule has 0 saturated carbocycles. The number of carboxylic acid groups (broad SMARTS) is 1. The first kappa shape index (κ1) is 17.4. The lowest BCUT2D eigenvalue weighted by Gasteiger charge is -2.23. The van der Waals surface area contributed by atoms with E-state index in [1.165, 1.54) is 6.66 Å². The van der Waals surface area contributed by atoms with E-state index < -0.39 is 24.9 Å². The van der Waals surface area contributed by atoms with E-state index >= 15 is 0 Å². The van der Waals surface area contributed by atoms with Crippen LogP contribution in [0.2, 0.25) is 0 Å². The average molecular weight is 314 g/mol. The molecule has 6 nitrogen and oxygen atoms in total. The number of carbonyl (C=O) groups excluding carboxylic acids is 1. The largest absolute Gasteiger partial charge is 0.481 e. The minimum absolute atomic E-state index is 0.0537. The molecule has 0 bridgehead atoms. The zero-order valence-corrected chi connectivity index (χ0v) is 12.6. The smallest absolute Gasteiger partial charge is 0.307 e. The van der Waals surface area contributed by atoms with Gasteiger partial charge in [0.1, 0.15) is 13.0 Å². The standard InChI is InChI=1S/C14H19O6P/c1-21(19,14(18)11-5-3-2-4-6-11)9-12(13(16)17)7-8-20-10-15/h2-6,10,12,14,18H,7-9H2,1H3,(H,16,17). The lowest BCUT2D eigenvalue weighted by molar-refractivity contribution is -0.142. The van der Waals surface area contributed by atoms with Crippen LogP contribution in [-0.4, -0.2) is 42.1 Å². The van der Waals surface area contributed by atoms with E-state index in [9.17, 15) is 19.3 Å². The lowest BCUT2D eigenvalue weighted by atomic mass is 10.1. The molecule has 21 heavy (non-hydrogen) atoms. The van der Waals surface area contributed by atoms with Crippen LogP contribution in [0.4, 0.5) is 0 Å². The molecule has 0 radical (unpaired) electrons. The molecule has 0 heterocycles. The third kappa shape index (κ3) is 5.33. The predicted octanol–water partition coefficient (Wildman–Crippen LogP) is 1.93. The number of carboxylic acids is 1. The summed E-state index contributed by atoms with van der Waals surface area (Å²) in [6.07, 6.45) is -0.0893. The van der Waals surface area contributed by atoms with Crippen LogP contribution in [0.1, 0.15) is 17.8 Å². The summed E-state index contributed by atoms with van der Waals surface area (Å²) in [5.41, 5.74) is 0.497. The highest BCUT2D eigenvalue weighted by Crippen LogP contribution is 2.55. The summed E-state index contributed by atoms with van der Waals surface area (Å²) in [5, 5.41) is 19.3. The highest BCUT2D eigenvalue weighted by molar-refractivity contribution is 7.63. The summed E-state index contributed by atoms with van der Waals surface area (Å²) in [4.78, 5) is 21.3. The molecule has 0 aliphatic rings. The van der Waals surface area contributed by atoms with Gasteiger partial charge in [-0.3, -0.25) is 9.59 Å². The van der Waals surface area contributed by atoms with Crippen LogP contribution in [0.15, 0.2) is 30.3 Å². The fraction of sp³-hybridized carbons (Fsp3) is 0.429. The second-order valence-electron chi connectivity index (χ2n) is 4.93. The molecule has 1 rings (SSSR count). The summed E-state index contributed by atoms with van der Waals surface area (Å²) in [7, 11) is -3.13. The fourth-order valence-corrected chi connectivity index (χ4v) is 4.25. The van der Waals surface area contributed by atoms with Gasteiger partial charge in [-0.2, -0.15) is 0 Å². The van der Waals surface area contributed by atoms with Gasteiger partial charge in [0.2, 0.25) is 0 Å². The zero-order valence-electron chi connectivity index (χ0n) is 11.7. The number of benzene rings is 1. The van der Waals surface area contributed by atoms with Crippen molar-refractivity contribution in [3.05, 3.63) is 35.9 Å².